The molecular formula is C14H25N5. The topological polar surface area (TPSA) is 67.1 Å². The fourth-order valence-electron chi connectivity index (χ4n) is 2.93. The zero-order valence-electron chi connectivity index (χ0n) is 12.2. The monoisotopic (exact) mass is 263 g/mol. The second-order valence-electron chi connectivity index (χ2n) is 5.80. The van der Waals surface area contributed by atoms with Crippen molar-refractivity contribution in [3.63, 3.8) is 0 Å². The molecule has 0 bridgehead atoms. The lowest BCUT2D eigenvalue weighted by molar-refractivity contribution is 0.154. The van der Waals surface area contributed by atoms with E-state index in [0.717, 1.165) is 24.0 Å². The van der Waals surface area contributed by atoms with Gasteiger partial charge in [0.15, 0.2) is 0 Å². The average molecular weight is 263 g/mol. The molecule has 106 valence electrons. The van der Waals surface area contributed by atoms with Gasteiger partial charge in [0, 0.05) is 17.8 Å². The number of nitrogens with zero attached hydrogens (tertiary/aromatic N) is 3. The molecular weight excluding hydrogens is 238 g/mol. The Morgan fingerprint density at radius 1 is 1.42 bits per heavy atom. The predicted octanol–water partition coefficient (Wildman–Crippen LogP) is 2.08. The Bertz CT molecular complexity index is 420. The van der Waals surface area contributed by atoms with E-state index in [1.54, 1.807) is 0 Å². The molecule has 3 N–H and O–H groups in total. The van der Waals surface area contributed by atoms with Crippen LogP contribution in [0.15, 0.2) is 6.07 Å². The van der Waals surface area contributed by atoms with Gasteiger partial charge in [-0.2, -0.15) is 0 Å². The number of hydrazine groups is 1. The molecule has 1 fully saturated rings. The molecule has 1 heterocycles. The van der Waals surface area contributed by atoms with Crippen molar-refractivity contribution in [1.82, 2.24) is 14.9 Å². The zero-order chi connectivity index (χ0) is 13.8. The van der Waals surface area contributed by atoms with Gasteiger partial charge in [-0.3, -0.25) is 4.90 Å². The van der Waals surface area contributed by atoms with E-state index in [9.17, 15) is 0 Å². The molecule has 0 amide bonds. The zero-order valence-corrected chi connectivity index (χ0v) is 12.2. The summed E-state index contributed by atoms with van der Waals surface area (Å²) in [7, 11) is 2.17. The summed E-state index contributed by atoms with van der Waals surface area (Å²) in [5.74, 6) is 7.79. The summed E-state index contributed by atoms with van der Waals surface area (Å²) in [5.41, 5.74) is 3.55. The summed E-state index contributed by atoms with van der Waals surface area (Å²) in [6, 6.07) is 2.51. The summed E-state index contributed by atoms with van der Waals surface area (Å²) >= 11 is 0. The molecule has 0 aliphatic heterocycles. The first-order chi connectivity index (χ1) is 9.08. The predicted molar refractivity (Wildman–Crippen MR) is 77.5 cm³/mol. The maximum absolute atomic E-state index is 5.43. The normalized spacial score (nSPS) is 23.6. The highest BCUT2D eigenvalue weighted by Crippen LogP contribution is 2.27. The third kappa shape index (κ3) is 3.88. The van der Waals surface area contributed by atoms with Crippen molar-refractivity contribution in [1.29, 1.82) is 0 Å². The number of nitrogen functional groups attached to an aromatic ring is 1. The average Bonchev–Trinajstić information content (AvgIpc) is 2.38. The van der Waals surface area contributed by atoms with Crippen molar-refractivity contribution in [2.24, 2.45) is 11.8 Å². The van der Waals surface area contributed by atoms with Crippen LogP contribution in [0.25, 0.3) is 0 Å². The number of hydrogen-bond donors (Lipinski definition) is 2. The van der Waals surface area contributed by atoms with E-state index in [2.05, 4.69) is 34.3 Å². The Labute approximate surface area is 115 Å². The van der Waals surface area contributed by atoms with E-state index in [1.807, 2.05) is 13.0 Å². The second-order valence-corrected chi connectivity index (χ2v) is 5.80. The van der Waals surface area contributed by atoms with E-state index in [4.69, 9.17) is 5.84 Å². The Kier molecular flexibility index (Phi) is 4.71. The highest BCUT2D eigenvalue weighted by molar-refractivity contribution is 5.33. The van der Waals surface area contributed by atoms with Gasteiger partial charge in [0.2, 0.25) is 0 Å². The molecule has 1 aromatic rings. The van der Waals surface area contributed by atoms with Gasteiger partial charge in [0.25, 0.3) is 0 Å². The number of aryl methyl sites for hydroxylation is 1. The van der Waals surface area contributed by atoms with Crippen LogP contribution in [-0.2, 0) is 6.54 Å². The highest BCUT2D eigenvalue weighted by atomic mass is 15.3. The molecule has 0 saturated heterocycles. The minimum atomic E-state index is 0.655. The fraction of sp³-hybridized carbons (Fsp3) is 0.714. The lowest BCUT2D eigenvalue weighted by atomic mass is 9.86. The number of rotatable bonds is 4. The molecule has 2 unspecified atom stereocenters. The second kappa shape index (κ2) is 6.30. The van der Waals surface area contributed by atoms with Crippen molar-refractivity contribution in [3.05, 3.63) is 17.6 Å². The van der Waals surface area contributed by atoms with Crippen LogP contribution in [0.3, 0.4) is 0 Å². The minimum Gasteiger partial charge on any atom is -0.308 e. The lowest BCUT2D eigenvalue weighted by Gasteiger charge is -2.33. The summed E-state index contributed by atoms with van der Waals surface area (Å²) in [5, 5.41) is 0. The molecule has 2 rings (SSSR count). The van der Waals surface area contributed by atoms with Crippen molar-refractivity contribution in [2.45, 2.75) is 52.1 Å². The Hall–Kier alpha value is -1.20. The quantitative estimate of drug-likeness (QED) is 0.643. The minimum absolute atomic E-state index is 0.655. The summed E-state index contributed by atoms with van der Waals surface area (Å²) in [6.45, 7) is 5.10. The molecule has 19 heavy (non-hydrogen) atoms. The SMILES string of the molecule is Cc1cc(NN)nc(CN(C)C2CCCC(C)C2)n1. The van der Waals surface area contributed by atoms with Crippen LogP contribution >= 0.6 is 0 Å². The molecule has 5 nitrogen and oxygen atoms in total. The first-order valence-corrected chi connectivity index (χ1v) is 7.10. The van der Waals surface area contributed by atoms with Gasteiger partial charge in [0.1, 0.15) is 11.6 Å². The number of anilines is 1. The van der Waals surface area contributed by atoms with Crippen molar-refractivity contribution in [2.75, 3.05) is 12.5 Å². The van der Waals surface area contributed by atoms with Gasteiger partial charge in [-0.25, -0.2) is 15.8 Å². The van der Waals surface area contributed by atoms with Crippen LogP contribution < -0.4 is 11.3 Å². The lowest BCUT2D eigenvalue weighted by Crippen LogP contribution is -2.35. The molecule has 2 atom stereocenters. The molecule has 1 aromatic heterocycles. The van der Waals surface area contributed by atoms with Gasteiger partial charge in [-0.1, -0.05) is 19.8 Å². The van der Waals surface area contributed by atoms with E-state index in [-0.39, 0.29) is 0 Å². The Morgan fingerprint density at radius 2 is 2.21 bits per heavy atom. The van der Waals surface area contributed by atoms with Crippen LogP contribution in [0.2, 0.25) is 0 Å². The highest BCUT2D eigenvalue weighted by Gasteiger charge is 2.22. The van der Waals surface area contributed by atoms with E-state index in [0.29, 0.717) is 11.9 Å². The standard InChI is InChI=1S/C14H25N5/c1-10-5-4-6-12(7-10)19(3)9-14-16-11(2)8-13(17-14)18-15/h8,10,12H,4-7,9,15H2,1-3H3,(H,16,17,18). The van der Waals surface area contributed by atoms with Crippen LogP contribution in [-0.4, -0.2) is 28.0 Å². The van der Waals surface area contributed by atoms with Gasteiger partial charge in [-0.15, -0.1) is 0 Å². The number of nitrogens with one attached hydrogen (secondary N) is 1. The third-order valence-electron chi connectivity index (χ3n) is 3.97. The number of aromatic nitrogens is 2. The van der Waals surface area contributed by atoms with Crippen LogP contribution in [0.4, 0.5) is 5.82 Å². The molecule has 0 radical (unpaired) electrons. The summed E-state index contributed by atoms with van der Waals surface area (Å²) in [6.07, 6.45) is 5.27. The maximum Gasteiger partial charge on any atom is 0.145 e. The van der Waals surface area contributed by atoms with E-state index in [1.165, 1.54) is 25.7 Å². The van der Waals surface area contributed by atoms with Crippen molar-refractivity contribution >= 4 is 5.82 Å². The third-order valence-corrected chi connectivity index (χ3v) is 3.97. The van der Waals surface area contributed by atoms with Gasteiger partial charge in [-0.05, 0) is 32.7 Å². The molecule has 0 spiro atoms. The fourth-order valence-corrected chi connectivity index (χ4v) is 2.93. The van der Waals surface area contributed by atoms with Crippen molar-refractivity contribution < 1.29 is 0 Å². The smallest absolute Gasteiger partial charge is 0.145 e. The first-order valence-electron chi connectivity index (χ1n) is 7.10. The summed E-state index contributed by atoms with van der Waals surface area (Å²) < 4.78 is 0. The molecule has 0 aromatic carbocycles. The summed E-state index contributed by atoms with van der Waals surface area (Å²) in [4.78, 5) is 11.3. The first kappa shape index (κ1) is 14.2. The van der Waals surface area contributed by atoms with Crippen LogP contribution in [0, 0.1) is 12.8 Å². The van der Waals surface area contributed by atoms with Gasteiger partial charge < -0.3 is 5.43 Å². The van der Waals surface area contributed by atoms with Gasteiger partial charge >= 0.3 is 0 Å². The van der Waals surface area contributed by atoms with E-state index < -0.39 is 0 Å². The molecule has 1 aliphatic carbocycles. The van der Waals surface area contributed by atoms with Crippen molar-refractivity contribution in [3.8, 4) is 0 Å². The van der Waals surface area contributed by atoms with Crippen LogP contribution in [0.1, 0.15) is 44.1 Å². The Balaban J connectivity index is 2.01. The molecule has 1 aliphatic rings. The number of hydrogen-bond acceptors (Lipinski definition) is 5. The Morgan fingerprint density at radius 3 is 2.89 bits per heavy atom. The largest absolute Gasteiger partial charge is 0.308 e. The van der Waals surface area contributed by atoms with E-state index >= 15 is 0 Å². The molecule has 1 saturated carbocycles. The van der Waals surface area contributed by atoms with Crippen LogP contribution in [0.5, 0.6) is 0 Å². The maximum atomic E-state index is 5.43. The molecule has 5 heteroatoms. The number of nitrogens with two attached hydrogens (primary N) is 1. The van der Waals surface area contributed by atoms with Gasteiger partial charge in [0.05, 0.1) is 6.54 Å².